The van der Waals surface area contributed by atoms with Gasteiger partial charge in [0.15, 0.2) is 12.4 Å². The average Bonchev–Trinajstić information content (AvgIpc) is 2.39. The molecule has 2 rings (SSSR count). The second-order valence-electron chi connectivity index (χ2n) is 3.66. The molecule has 2 heteroatoms. The van der Waals surface area contributed by atoms with E-state index in [9.17, 15) is 0 Å². The lowest BCUT2D eigenvalue weighted by Gasteiger charge is -2.03. The molecule has 0 atom stereocenters. The molecule has 0 fully saturated rings. The fourth-order valence-corrected chi connectivity index (χ4v) is 1.69. The predicted molar refractivity (Wildman–Crippen MR) is 64.3 cm³/mol. The molecule has 1 heterocycles. The summed E-state index contributed by atoms with van der Waals surface area (Å²) in [4.78, 5) is 0. The van der Waals surface area contributed by atoms with Gasteiger partial charge in [-0.2, -0.15) is 0 Å². The number of aryl methyl sites for hydroxylation is 1. The van der Waals surface area contributed by atoms with Crippen LogP contribution >= 0.6 is 0 Å². The number of methoxy groups -OCH3 is 1. The predicted octanol–water partition coefficient (Wildman–Crippen LogP) is 2.67. The first kappa shape index (κ1) is 10.7. The van der Waals surface area contributed by atoms with Gasteiger partial charge in [0.2, 0.25) is 0 Å². The molecule has 16 heavy (non-hydrogen) atoms. The van der Waals surface area contributed by atoms with Gasteiger partial charge in [0, 0.05) is 11.6 Å². The topological polar surface area (TPSA) is 13.1 Å². The zero-order valence-corrected chi connectivity index (χ0v) is 9.68. The smallest absolute Gasteiger partial charge is 0.176 e. The first-order valence-electron chi connectivity index (χ1n) is 5.47. The molecule has 0 amide bonds. The Hall–Kier alpha value is -1.83. The van der Waals surface area contributed by atoms with Crippen LogP contribution in [0.25, 0.3) is 11.1 Å². The largest absolute Gasteiger partial charge is 0.497 e. The molecule has 2 aromatic rings. The second kappa shape index (κ2) is 4.79. The molecular formula is C14H16NO+. The van der Waals surface area contributed by atoms with Gasteiger partial charge in [0.1, 0.15) is 12.3 Å². The van der Waals surface area contributed by atoms with E-state index < -0.39 is 0 Å². The van der Waals surface area contributed by atoms with Crippen molar-refractivity contribution in [3.05, 3.63) is 48.8 Å². The lowest BCUT2D eigenvalue weighted by atomic mass is 10.1. The van der Waals surface area contributed by atoms with E-state index in [4.69, 9.17) is 4.74 Å². The van der Waals surface area contributed by atoms with E-state index in [0.717, 1.165) is 12.3 Å². The standard InChI is InChI=1S/C14H16NO/c1-3-15-9-5-7-13(11-15)12-6-4-8-14(10-12)16-2/h4-11H,3H2,1-2H3/q+1. The van der Waals surface area contributed by atoms with E-state index in [0.29, 0.717) is 0 Å². The number of hydrogen-bond donors (Lipinski definition) is 0. The van der Waals surface area contributed by atoms with Gasteiger partial charge < -0.3 is 4.74 Å². The fraction of sp³-hybridized carbons (Fsp3) is 0.214. The van der Waals surface area contributed by atoms with E-state index in [1.54, 1.807) is 7.11 Å². The van der Waals surface area contributed by atoms with Crippen molar-refractivity contribution in [1.82, 2.24) is 0 Å². The summed E-state index contributed by atoms with van der Waals surface area (Å²) in [5.41, 5.74) is 2.39. The molecule has 82 valence electrons. The molecule has 0 aliphatic rings. The summed E-state index contributed by atoms with van der Waals surface area (Å²) in [5.74, 6) is 0.893. The van der Waals surface area contributed by atoms with Crippen molar-refractivity contribution in [2.24, 2.45) is 0 Å². The van der Waals surface area contributed by atoms with Gasteiger partial charge in [-0.15, -0.1) is 0 Å². The maximum atomic E-state index is 5.23. The zero-order chi connectivity index (χ0) is 11.4. The Morgan fingerprint density at radius 3 is 2.69 bits per heavy atom. The van der Waals surface area contributed by atoms with E-state index in [1.807, 2.05) is 12.1 Å². The molecule has 1 aromatic heterocycles. The van der Waals surface area contributed by atoms with Crippen LogP contribution in [0, 0.1) is 0 Å². The second-order valence-corrected chi connectivity index (χ2v) is 3.66. The van der Waals surface area contributed by atoms with E-state index in [2.05, 4.69) is 48.1 Å². The number of benzene rings is 1. The summed E-state index contributed by atoms with van der Waals surface area (Å²) in [6.07, 6.45) is 4.22. The first-order chi connectivity index (χ1) is 7.83. The van der Waals surface area contributed by atoms with E-state index in [1.165, 1.54) is 11.1 Å². The first-order valence-corrected chi connectivity index (χ1v) is 5.47. The summed E-state index contributed by atoms with van der Waals surface area (Å²) in [5, 5.41) is 0. The van der Waals surface area contributed by atoms with Crippen molar-refractivity contribution in [2.45, 2.75) is 13.5 Å². The molecule has 0 radical (unpaired) electrons. The number of nitrogens with zero attached hydrogens (tertiary/aromatic N) is 1. The van der Waals surface area contributed by atoms with Crippen molar-refractivity contribution < 1.29 is 9.30 Å². The van der Waals surface area contributed by atoms with Crippen LogP contribution in [-0.2, 0) is 6.54 Å². The third-order valence-corrected chi connectivity index (χ3v) is 2.63. The van der Waals surface area contributed by atoms with Crippen LogP contribution in [0.5, 0.6) is 5.75 Å². The Balaban J connectivity index is 2.41. The monoisotopic (exact) mass is 214 g/mol. The highest BCUT2D eigenvalue weighted by Crippen LogP contribution is 2.22. The third-order valence-electron chi connectivity index (χ3n) is 2.63. The third kappa shape index (κ3) is 2.22. The molecule has 0 bridgehead atoms. The van der Waals surface area contributed by atoms with Gasteiger partial charge in [-0.05, 0) is 30.7 Å². The maximum absolute atomic E-state index is 5.23. The Bertz CT molecular complexity index is 434. The van der Waals surface area contributed by atoms with Gasteiger partial charge in [0.25, 0.3) is 0 Å². The summed E-state index contributed by atoms with van der Waals surface area (Å²) in [6, 6.07) is 12.3. The Labute approximate surface area is 96.1 Å². The van der Waals surface area contributed by atoms with Crippen molar-refractivity contribution in [3.63, 3.8) is 0 Å². The van der Waals surface area contributed by atoms with Crippen LogP contribution in [0.2, 0.25) is 0 Å². The SMILES string of the molecule is CC[n+]1cccc(-c2cccc(OC)c2)c1. The summed E-state index contributed by atoms with van der Waals surface area (Å²) >= 11 is 0. The van der Waals surface area contributed by atoms with Gasteiger partial charge in [-0.1, -0.05) is 12.1 Å². The van der Waals surface area contributed by atoms with E-state index >= 15 is 0 Å². The molecule has 0 spiro atoms. The molecular weight excluding hydrogens is 198 g/mol. The molecule has 0 saturated carbocycles. The van der Waals surface area contributed by atoms with Crippen molar-refractivity contribution in [2.75, 3.05) is 7.11 Å². The summed E-state index contributed by atoms with van der Waals surface area (Å²) in [7, 11) is 1.69. The van der Waals surface area contributed by atoms with Crippen LogP contribution < -0.4 is 9.30 Å². The molecule has 0 unspecified atom stereocenters. The minimum Gasteiger partial charge on any atom is -0.497 e. The molecule has 0 saturated heterocycles. The quantitative estimate of drug-likeness (QED) is 0.716. The van der Waals surface area contributed by atoms with Crippen LogP contribution in [0.1, 0.15) is 6.92 Å². The number of hydrogen-bond acceptors (Lipinski definition) is 1. The Morgan fingerprint density at radius 1 is 1.12 bits per heavy atom. The Morgan fingerprint density at radius 2 is 1.94 bits per heavy atom. The van der Waals surface area contributed by atoms with Gasteiger partial charge in [-0.3, -0.25) is 0 Å². The van der Waals surface area contributed by atoms with Crippen LogP contribution in [0.15, 0.2) is 48.8 Å². The molecule has 0 aliphatic heterocycles. The Kier molecular flexibility index (Phi) is 3.20. The average molecular weight is 214 g/mol. The van der Waals surface area contributed by atoms with Crippen LogP contribution in [-0.4, -0.2) is 7.11 Å². The van der Waals surface area contributed by atoms with Crippen LogP contribution in [0.4, 0.5) is 0 Å². The minimum atomic E-state index is 0.893. The summed E-state index contributed by atoms with van der Waals surface area (Å²) < 4.78 is 7.39. The van der Waals surface area contributed by atoms with Gasteiger partial charge in [0.05, 0.1) is 7.11 Å². The zero-order valence-electron chi connectivity index (χ0n) is 9.68. The molecule has 0 aliphatic carbocycles. The highest BCUT2D eigenvalue weighted by molar-refractivity contribution is 5.63. The molecule has 0 N–H and O–H groups in total. The highest BCUT2D eigenvalue weighted by atomic mass is 16.5. The van der Waals surface area contributed by atoms with Gasteiger partial charge >= 0.3 is 0 Å². The van der Waals surface area contributed by atoms with E-state index in [-0.39, 0.29) is 0 Å². The van der Waals surface area contributed by atoms with Crippen molar-refractivity contribution >= 4 is 0 Å². The number of pyridine rings is 1. The lowest BCUT2D eigenvalue weighted by molar-refractivity contribution is -0.693. The van der Waals surface area contributed by atoms with Gasteiger partial charge in [-0.25, -0.2) is 4.57 Å². The van der Waals surface area contributed by atoms with Crippen molar-refractivity contribution in [3.8, 4) is 16.9 Å². The van der Waals surface area contributed by atoms with Crippen molar-refractivity contribution in [1.29, 1.82) is 0 Å². The lowest BCUT2D eigenvalue weighted by Crippen LogP contribution is -2.30. The fourth-order valence-electron chi connectivity index (χ4n) is 1.69. The minimum absolute atomic E-state index is 0.893. The van der Waals surface area contributed by atoms with Crippen LogP contribution in [0.3, 0.4) is 0 Å². The number of aromatic nitrogens is 1. The maximum Gasteiger partial charge on any atom is 0.176 e. The molecule has 2 nitrogen and oxygen atoms in total. The summed E-state index contributed by atoms with van der Waals surface area (Å²) in [6.45, 7) is 3.12. The normalized spacial score (nSPS) is 10.1. The molecule has 1 aromatic carbocycles. The highest BCUT2D eigenvalue weighted by Gasteiger charge is 2.03. The number of ether oxygens (including phenoxy) is 1. The number of rotatable bonds is 3.